The minimum Gasteiger partial charge on any atom is -0.309 e. The van der Waals surface area contributed by atoms with Crippen molar-refractivity contribution < 1.29 is 28.9 Å². The third-order valence-electron chi connectivity index (χ3n) is 7.92. The Balaban J connectivity index is 0.000000186. The van der Waals surface area contributed by atoms with E-state index in [2.05, 4.69) is 72.5 Å². The van der Waals surface area contributed by atoms with Crippen molar-refractivity contribution in [1.29, 1.82) is 0 Å². The summed E-state index contributed by atoms with van der Waals surface area (Å²) in [6, 6.07) is 12.9. The summed E-state index contributed by atoms with van der Waals surface area (Å²) in [5.41, 5.74) is 10.6. The zero-order valence-corrected chi connectivity index (χ0v) is 28.1. The number of rotatable bonds is 6. The van der Waals surface area contributed by atoms with E-state index >= 15 is 0 Å². The molecule has 2 aromatic rings. The summed E-state index contributed by atoms with van der Waals surface area (Å²) in [6.45, 7) is 17.4. The second-order valence-electron chi connectivity index (χ2n) is 12.5. The van der Waals surface area contributed by atoms with E-state index in [-0.39, 0.29) is 11.5 Å². The molecule has 1 saturated heterocycles. The zero-order chi connectivity index (χ0) is 29.0. The van der Waals surface area contributed by atoms with E-state index in [4.69, 9.17) is 10.5 Å². The van der Waals surface area contributed by atoms with Crippen molar-refractivity contribution in [2.45, 2.75) is 85.4 Å². The number of benzene rings is 1. The Morgan fingerprint density at radius 3 is 2.40 bits per heavy atom. The number of ether oxygens (including phenoxy) is 1. The van der Waals surface area contributed by atoms with E-state index in [9.17, 15) is 4.79 Å². The van der Waals surface area contributed by atoms with Crippen molar-refractivity contribution in [1.82, 2.24) is 14.8 Å². The summed E-state index contributed by atoms with van der Waals surface area (Å²) in [7, 11) is 0. The Morgan fingerprint density at radius 2 is 1.82 bits per heavy atom. The Morgan fingerprint density at radius 1 is 1.12 bits per heavy atom. The molecule has 2 aliphatic heterocycles. The molecular weight excluding hydrogens is 670 g/mol. The van der Waals surface area contributed by atoms with Gasteiger partial charge in [-0.3, -0.25) is 4.79 Å². The van der Waals surface area contributed by atoms with Crippen LogP contribution in [0.1, 0.15) is 71.2 Å². The Labute approximate surface area is 251 Å². The number of anilines is 2. The molecule has 7 nitrogen and oxygen atoms in total. The van der Waals surface area contributed by atoms with Gasteiger partial charge in [-0.2, -0.15) is 0 Å². The van der Waals surface area contributed by atoms with Crippen molar-refractivity contribution in [3.8, 4) is 0 Å². The van der Waals surface area contributed by atoms with Gasteiger partial charge in [-0.15, -0.1) is 0 Å². The minimum absolute atomic E-state index is 0.111. The number of piperazine rings is 1. The van der Waals surface area contributed by atoms with Crippen LogP contribution in [0.2, 0.25) is 0 Å². The first-order chi connectivity index (χ1) is 18.9. The van der Waals surface area contributed by atoms with Gasteiger partial charge in [-0.25, -0.2) is 0 Å². The molecule has 0 bridgehead atoms. The van der Waals surface area contributed by atoms with Gasteiger partial charge < -0.3 is 4.90 Å². The summed E-state index contributed by atoms with van der Waals surface area (Å²) >= 11 is 1.39. The maximum absolute atomic E-state index is 12.1. The number of hydrogen-bond donors (Lipinski definition) is 1. The number of carbonyl (C=O) groups is 1. The van der Waals surface area contributed by atoms with Crippen molar-refractivity contribution in [3.05, 3.63) is 53.2 Å². The van der Waals surface area contributed by atoms with E-state index in [0.717, 1.165) is 61.4 Å². The quantitative estimate of drug-likeness (QED) is 0.463. The fourth-order valence-corrected chi connectivity index (χ4v) is 7.42. The van der Waals surface area contributed by atoms with Crippen LogP contribution < -0.4 is 10.6 Å². The van der Waals surface area contributed by atoms with Gasteiger partial charge in [0.2, 0.25) is 5.91 Å². The predicted molar refractivity (Wildman–Crippen MR) is 160 cm³/mol. The fraction of sp³-hybridized carbons (Fsp3) is 0.594. The number of fused-ring (bicyclic) bond motifs is 1. The van der Waals surface area contributed by atoms with Crippen LogP contribution in [0.15, 0.2) is 36.4 Å². The molecule has 1 aliphatic carbocycles. The predicted octanol–water partition coefficient (Wildman–Crippen LogP) is 4.80. The standard InChI is InChI=1S/C17H23NO.C15H24N4O.W/c1-4-13-5-8-16-15(10-13)9-11(2)17(14-6-7-14)18(16)12(3)19;1-15(2,3)20-12-19-9-7-18(8-10-19)11-13-5-4-6-14(16)17-13;/h5,8,10-11,14,17H,4,6-7,9H2,1-3H3;4-6H,7-11H2,1-3H3,(H2,16,17);/t11?,17-;;/m1../s1. The molecule has 1 saturated carbocycles. The van der Waals surface area contributed by atoms with Crippen LogP contribution in [0.5, 0.6) is 0 Å². The molecule has 2 fully saturated rings. The largest absolute Gasteiger partial charge is 0.309 e. The number of aryl methyl sites for hydroxylation is 1. The average molecular weight is 718 g/mol. The molecule has 8 heteroatoms. The monoisotopic (exact) mass is 717 g/mol. The van der Waals surface area contributed by atoms with E-state index in [1.807, 2.05) is 18.2 Å². The number of carbonyl (C=O) groups excluding carboxylic acids is 1. The van der Waals surface area contributed by atoms with Gasteiger partial charge in [0.15, 0.2) is 0 Å². The molecule has 0 spiro atoms. The second-order valence-corrected chi connectivity index (χ2v) is 13.8. The normalized spacial score (nSPS) is 21.8. The summed E-state index contributed by atoms with van der Waals surface area (Å²) < 4.78 is 7.08. The Hall–Kier alpha value is -1.92. The smallest absolute Gasteiger partial charge is 0.224 e. The van der Waals surface area contributed by atoms with Gasteiger partial charge >= 0.3 is 138 Å². The van der Waals surface area contributed by atoms with Gasteiger partial charge in [-0.1, -0.05) is 26.0 Å². The van der Waals surface area contributed by atoms with Crippen LogP contribution in [0.25, 0.3) is 0 Å². The molecule has 1 amide bonds. The summed E-state index contributed by atoms with van der Waals surface area (Å²) in [5.74, 6) is 2.11. The fourth-order valence-electron chi connectivity index (χ4n) is 5.86. The van der Waals surface area contributed by atoms with Crippen molar-refractivity contribution >= 4 is 21.6 Å². The van der Waals surface area contributed by atoms with Gasteiger partial charge in [0, 0.05) is 18.7 Å². The van der Waals surface area contributed by atoms with E-state index < -0.39 is 0 Å². The van der Waals surface area contributed by atoms with Crippen LogP contribution in [0.4, 0.5) is 11.5 Å². The summed E-state index contributed by atoms with van der Waals surface area (Å²) in [6.07, 6.45) is 4.77. The number of nitrogen functional groups attached to an aromatic ring is 1. The Bertz CT molecular complexity index is 1180. The molecule has 3 aliphatic rings. The molecule has 3 heterocycles. The van der Waals surface area contributed by atoms with Gasteiger partial charge in [0.25, 0.3) is 0 Å². The molecule has 1 aromatic carbocycles. The van der Waals surface area contributed by atoms with E-state index in [1.165, 1.54) is 49.0 Å². The first-order valence-electron chi connectivity index (χ1n) is 14.8. The zero-order valence-electron chi connectivity index (χ0n) is 25.2. The Kier molecular flexibility index (Phi) is 10.4. The molecule has 5 rings (SSSR count). The van der Waals surface area contributed by atoms with Crippen LogP contribution >= 0.6 is 0 Å². The molecular formula is C32H47N5O2W. The summed E-state index contributed by atoms with van der Waals surface area (Å²) in [5, 5.41) is 0. The molecule has 0 radical (unpaired) electrons. The van der Waals surface area contributed by atoms with E-state index in [1.54, 1.807) is 6.92 Å². The average Bonchev–Trinajstić information content (AvgIpc) is 3.72. The number of nitrogens with zero attached hydrogens (tertiary/aromatic N) is 4. The third kappa shape index (κ3) is 8.31. The van der Waals surface area contributed by atoms with Crippen molar-refractivity contribution in [2.24, 2.45) is 11.8 Å². The second kappa shape index (κ2) is 13.4. The van der Waals surface area contributed by atoms with Gasteiger partial charge in [0.1, 0.15) is 0 Å². The number of amides is 1. The van der Waals surface area contributed by atoms with Crippen LogP contribution in [0, 0.1) is 11.8 Å². The first kappa shape index (κ1) is 31.0. The SMILES string of the molecule is CC(C)(C)O[C](=[W])N1CCN(Cc2cccc(N)n2)CC1.CCc1ccc2c(c1)CC(C)[C@H](C1CC1)N2C(C)=O. The van der Waals surface area contributed by atoms with Crippen LogP contribution in [0.3, 0.4) is 0 Å². The number of nitrogens with two attached hydrogens (primary N) is 1. The first-order valence-corrected chi connectivity index (χ1v) is 16.2. The molecule has 40 heavy (non-hydrogen) atoms. The number of aromatic nitrogens is 1. The molecule has 2 N–H and O–H groups in total. The van der Waals surface area contributed by atoms with Crippen molar-refractivity contribution in [3.63, 3.8) is 0 Å². The molecule has 2 atom stereocenters. The van der Waals surface area contributed by atoms with Crippen molar-refractivity contribution in [2.75, 3.05) is 36.8 Å². The van der Waals surface area contributed by atoms with E-state index in [0.29, 0.717) is 17.8 Å². The molecule has 1 aromatic heterocycles. The van der Waals surface area contributed by atoms with Crippen LogP contribution in [-0.4, -0.2) is 62.7 Å². The molecule has 218 valence electrons. The van der Waals surface area contributed by atoms with Gasteiger partial charge in [-0.05, 0) is 54.7 Å². The number of hydrogen-bond acceptors (Lipinski definition) is 6. The topological polar surface area (TPSA) is 74.9 Å². The maximum Gasteiger partial charge on any atom is 0.224 e. The number of pyridine rings is 1. The van der Waals surface area contributed by atoms with Gasteiger partial charge in [0.05, 0.1) is 0 Å². The molecule has 1 unspecified atom stereocenters. The third-order valence-corrected chi connectivity index (χ3v) is 9.14. The summed E-state index contributed by atoms with van der Waals surface area (Å²) in [4.78, 5) is 23.3. The van der Waals surface area contributed by atoms with Crippen LogP contribution in [-0.2, 0) is 48.3 Å². The minimum atomic E-state index is -0.111. The maximum atomic E-state index is 12.1.